The lowest BCUT2D eigenvalue weighted by atomic mass is 9.90. The van der Waals surface area contributed by atoms with Crippen molar-refractivity contribution < 1.29 is 33.3 Å². The number of hydrogen-bond donors (Lipinski definition) is 0. The number of amides is 2. The van der Waals surface area contributed by atoms with E-state index >= 15 is 0 Å². The molecule has 8 nitrogen and oxygen atoms in total. The topological polar surface area (TPSA) is 91.4 Å². The summed E-state index contributed by atoms with van der Waals surface area (Å²) in [5.41, 5.74) is 0.921. The van der Waals surface area contributed by atoms with E-state index < -0.39 is 43.3 Å². The van der Waals surface area contributed by atoms with Crippen LogP contribution in [-0.4, -0.2) is 73.8 Å². The van der Waals surface area contributed by atoms with E-state index in [0.717, 1.165) is 47.5 Å². The van der Waals surface area contributed by atoms with Gasteiger partial charge in [-0.3, -0.25) is 4.79 Å². The summed E-state index contributed by atoms with van der Waals surface area (Å²) in [6.07, 6.45) is 7.60. The smallest absolute Gasteiger partial charge is 0.417 e. The summed E-state index contributed by atoms with van der Waals surface area (Å²) in [6, 6.07) is 0.0858. The van der Waals surface area contributed by atoms with E-state index in [-0.39, 0.29) is 25.0 Å². The van der Waals surface area contributed by atoms with Gasteiger partial charge in [0, 0.05) is 45.8 Å². The molecule has 0 saturated carbocycles. The van der Waals surface area contributed by atoms with E-state index in [1.165, 1.54) is 13.2 Å². The first-order chi connectivity index (χ1) is 18.4. The van der Waals surface area contributed by atoms with E-state index in [2.05, 4.69) is 38.4 Å². The summed E-state index contributed by atoms with van der Waals surface area (Å²) < 4.78 is 24.0. The first kappa shape index (κ1) is 31.5. The molecule has 39 heavy (non-hydrogen) atoms. The molecule has 0 N–H and O–H groups in total. The summed E-state index contributed by atoms with van der Waals surface area (Å²) in [4.78, 5) is 40.0. The van der Waals surface area contributed by atoms with E-state index in [0.29, 0.717) is 18.6 Å². The Bertz CT molecular complexity index is 1030. The zero-order valence-corrected chi connectivity index (χ0v) is 25.9. The fourth-order valence-corrected chi connectivity index (χ4v) is 6.66. The number of carbonyl (C=O) groups excluding carboxylic acids is 3. The van der Waals surface area contributed by atoms with Crippen LogP contribution in [-0.2, 0) is 23.7 Å². The maximum absolute atomic E-state index is 13.1. The van der Waals surface area contributed by atoms with Gasteiger partial charge in [0.15, 0.2) is 5.79 Å². The molecule has 2 bridgehead atoms. The molecule has 0 aromatic carbocycles. The van der Waals surface area contributed by atoms with Crippen molar-refractivity contribution in [2.45, 2.75) is 102 Å². The molecule has 0 aromatic rings. The number of thioether (sulfide) groups is 1. The molecule has 2 saturated heterocycles. The first-order valence-electron chi connectivity index (χ1n) is 13.8. The minimum absolute atomic E-state index is 0.147. The monoisotopic (exact) mass is 577 g/mol. The number of nitrogens with zero attached hydrogens (tertiary/aromatic N) is 1. The van der Waals surface area contributed by atoms with Crippen LogP contribution in [0.3, 0.4) is 0 Å². The predicted molar refractivity (Wildman–Crippen MR) is 155 cm³/mol. The summed E-state index contributed by atoms with van der Waals surface area (Å²) in [7, 11) is 0.0884. The zero-order valence-electron chi connectivity index (χ0n) is 24.1. The number of methoxy groups -OCH3 is 1. The number of hydrogen-bond acceptors (Lipinski definition) is 8. The first-order valence-corrected chi connectivity index (χ1v) is 18.5. The van der Waals surface area contributed by atoms with Gasteiger partial charge in [-0.1, -0.05) is 61.8 Å². The molecule has 3 aliphatic heterocycles. The molecular weight excluding hydrogens is 534 g/mol. The number of esters is 1. The molecule has 3 heterocycles. The van der Waals surface area contributed by atoms with Gasteiger partial charge >= 0.3 is 12.1 Å². The molecule has 2 amide bonds. The predicted octanol–water partition coefficient (Wildman–Crippen LogP) is 6.15. The third-order valence-electron chi connectivity index (χ3n) is 7.21. The highest BCUT2D eigenvalue weighted by molar-refractivity contribution is 8.14. The molecular formula is C29H43NO7SSi. The van der Waals surface area contributed by atoms with Crippen LogP contribution >= 0.6 is 11.8 Å². The minimum atomic E-state index is -1.43. The highest BCUT2D eigenvalue weighted by Gasteiger charge is 2.56. The molecule has 2 fully saturated rings. The molecule has 0 spiro atoms. The second kappa shape index (κ2) is 14.0. The Kier molecular flexibility index (Phi) is 11.3. The van der Waals surface area contributed by atoms with Crippen LogP contribution < -0.4 is 0 Å². The lowest BCUT2D eigenvalue weighted by molar-refractivity contribution is -0.303. The summed E-state index contributed by atoms with van der Waals surface area (Å²) in [6.45, 7) is 10.8. The summed E-state index contributed by atoms with van der Waals surface area (Å²) in [5.74, 6) is 5.09. The van der Waals surface area contributed by atoms with Crippen molar-refractivity contribution in [3.8, 4) is 11.8 Å². The van der Waals surface area contributed by atoms with Crippen molar-refractivity contribution >= 4 is 37.1 Å². The standard InChI is InChI=1S/C29H43NO7SSi/c1-21-11-9-7-8-10-12-22(2)17-26(31)36-24-18-23(14-13-21)37-29(19-24,34-3)25-20-38-28(33)30(25)27(32)35-15-16-39(4,5)6/h7-8,17,21,23-25H,10,12-16,18-20H2,1-6H3/b8-7+,22-17-/t21-,23-,24-,25+,29-/m1/s1. The number of imide groups is 1. The molecule has 3 aliphatic rings. The van der Waals surface area contributed by atoms with Crippen molar-refractivity contribution in [2.75, 3.05) is 19.5 Å². The molecule has 10 heteroatoms. The zero-order chi connectivity index (χ0) is 28.6. The van der Waals surface area contributed by atoms with Crippen LogP contribution in [0.15, 0.2) is 23.8 Å². The highest BCUT2D eigenvalue weighted by atomic mass is 32.2. The molecule has 216 valence electrons. The van der Waals surface area contributed by atoms with Gasteiger partial charge in [0.1, 0.15) is 12.1 Å². The van der Waals surface area contributed by atoms with Gasteiger partial charge in [-0.25, -0.2) is 14.5 Å². The largest absolute Gasteiger partial charge is 0.459 e. The summed E-state index contributed by atoms with van der Waals surface area (Å²) >= 11 is 1.04. The number of rotatable bonds is 5. The van der Waals surface area contributed by atoms with Crippen molar-refractivity contribution in [3.63, 3.8) is 0 Å². The van der Waals surface area contributed by atoms with E-state index in [1.54, 1.807) is 0 Å². The number of allylic oxidation sites excluding steroid dienone is 3. The lowest BCUT2D eigenvalue weighted by Gasteiger charge is -2.47. The maximum atomic E-state index is 13.1. The number of ether oxygens (including phenoxy) is 4. The Morgan fingerprint density at radius 3 is 2.74 bits per heavy atom. The molecule has 3 rings (SSSR count). The van der Waals surface area contributed by atoms with Crippen LogP contribution in [0.4, 0.5) is 9.59 Å². The molecule has 0 radical (unpaired) electrons. The quantitative estimate of drug-likeness (QED) is 0.218. The molecule has 0 aromatic heterocycles. The van der Waals surface area contributed by atoms with E-state index in [9.17, 15) is 14.4 Å². The Hall–Kier alpha value is -2.06. The van der Waals surface area contributed by atoms with Crippen molar-refractivity contribution in [1.29, 1.82) is 0 Å². The van der Waals surface area contributed by atoms with Crippen LogP contribution in [0.1, 0.15) is 52.4 Å². The molecule has 5 atom stereocenters. The van der Waals surface area contributed by atoms with Gasteiger partial charge in [-0.15, -0.1) is 0 Å². The SMILES string of the molecule is CO[C@]1([C@@H]2CSC(=O)N2C(=O)OCC[Si](C)(C)C)C[C@H]2C[C@@H](CC[C@H](C)C#C/C=C/CC/C(C)=C\C(=O)O2)O1. The van der Waals surface area contributed by atoms with Crippen LogP contribution in [0.5, 0.6) is 0 Å². The lowest BCUT2D eigenvalue weighted by Crippen LogP contribution is -2.61. The number of carbonyl (C=O) groups is 3. The Labute approximate surface area is 238 Å². The van der Waals surface area contributed by atoms with Gasteiger partial charge in [0.25, 0.3) is 5.24 Å². The second-order valence-electron chi connectivity index (χ2n) is 11.8. The van der Waals surface area contributed by atoms with Gasteiger partial charge in [-0.05, 0) is 44.7 Å². The average Bonchev–Trinajstić information content (AvgIpc) is 3.25. The fourth-order valence-electron chi connectivity index (χ4n) is 4.91. The third-order valence-corrected chi connectivity index (χ3v) is 9.84. The Balaban J connectivity index is 1.86. The van der Waals surface area contributed by atoms with Crippen LogP contribution in [0.2, 0.25) is 25.7 Å². The minimum Gasteiger partial charge on any atom is -0.459 e. The third kappa shape index (κ3) is 9.24. The molecule has 0 unspecified atom stereocenters. The number of fused-ring (bicyclic) bond motifs is 2. The van der Waals surface area contributed by atoms with E-state index in [1.807, 2.05) is 19.1 Å². The van der Waals surface area contributed by atoms with Crippen molar-refractivity contribution in [2.24, 2.45) is 5.92 Å². The van der Waals surface area contributed by atoms with Gasteiger partial charge in [0.05, 0.1) is 12.7 Å². The average molecular weight is 578 g/mol. The van der Waals surface area contributed by atoms with Gasteiger partial charge in [0.2, 0.25) is 0 Å². The second-order valence-corrected chi connectivity index (χ2v) is 18.4. The van der Waals surface area contributed by atoms with Crippen molar-refractivity contribution in [1.82, 2.24) is 4.90 Å². The van der Waals surface area contributed by atoms with Crippen molar-refractivity contribution in [3.05, 3.63) is 23.8 Å². The van der Waals surface area contributed by atoms with Crippen LogP contribution in [0, 0.1) is 17.8 Å². The van der Waals surface area contributed by atoms with Crippen LogP contribution in [0.25, 0.3) is 0 Å². The highest BCUT2D eigenvalue weighted by Crippen LogP contribution is 2.42. The summed E-state index contributed by atoms with van der Waals surface area (Å²) in [5, 5.41) is -0.390. The molecule has 0 aliphatic carbocycles. The van der Waals surface area contributed by atoms with E-state index in [4.69, 9.17) is 18.9 Å². The van der Waals surface area contributed by atoms with Gasteiger partial charge < -0.3 is 18.9 Å². The Morgan fingerprint density at radius 1 is 1.26 bits per heavy atom. The van der Waals surface area contributed by atoms with Gasteiger partial charge in [-0.2, -0.15) is 0 Å². The Morgan fingerprint density at radius 2 is 2.03 bits per heavy atom. The normalized spacial score (nSPS) is 32.9. The fraction of sp³-hybridized carbons (Fsp3) is 0.690. The maximum Gasteiger partial charge on any atom is 0.417 e.